The van der Waals surface area contributed by atoms with Crippen LogP contribution in [0.1, 0.15) is 18.4 Å². The van der Waals surface area contributed by atoms with Crippen molar-refractivity contribution in [1.29, 1.82) is 0 Å². The van der Waals surface area contributed by atoms with Gasteiger partial charge in [-0.25, -0.2) is 17.9 Å². The number of likely N-dealkylation sites (tertiary alicyclic amines) is 1. The van der Waals surface area contributed by atoms with Crippen molar-refractivity contribution in [2.45, 2.75) is 30.7 Å². The predicted octanol–water partition coefficient (Wildman–Crippen LogP) is 3.73. The fourth-order valence-electron chi connectivity index (χ4n) is 3.07. The summed E-state index contributed by atoms with van der Waals surface area (Å²) in [6, 6.07) is 14.1. The molecule has 0 unspecified atom stereocenters. The molecule has 2 N–H and O–H groups in total. The summed E-state index contributed by atoms with van der Waals surface area (Å²) >= 11 is 3.32. The molecule has 0 aromatic heterocycles. The van der Waals surface area contributed by atoms with E-state index in [2.05, 4.69) is 26.0 Å². The van der Waals surface area contributed by atoms with E-state index in [0.717, 1.165) is 10.2 Å². The molecule has 144 valence electrons. The summed E-state index contributed by atoms with van der Waals surface area (Å²) in [5.74, 6) is 0. The maximum atomic E-state index is 12.7. The third-order valence-corrected chi connectivity index (χ3v) is 6.72. The molecule has 1 aliphatic rings. The van der Waals surface area contributed by atoms with Gasteiger partial charge in [0, 0.05) is 29.3 Å². The van der Waals surface area contributed by atoms with Crippen LogP contribution in [0.4, 0.5) is 10.5 Å². The minimum atomic E-state index is -3.60. The first-order valence-electron chi connectivity index (χ1n) is 8.74. The lowest BCUT2D eigenvalue weighted by molar-refractivity contribution is 0.193. The van der Waals surface area contributed by atoms with Gasteiger partial charge in [-0.2, -0.15) is 0 Å². The summed E-state index contributed by atoms with van der Waals surface area (Å²) in [4.78, 5) is 14.3. The summed E-state index contributed by atoms with van der Waals surface area (Å²) < 4.78 is 28.9. The third kappa shape index (κ3) is 5.09. The number of hydrogen-bond donors (Lipinski definition) is 2. The lowest BCUT2D eigenvalue weighted by Gasteiger charge is -2.32. The zero-order valence-electron chi connectivity index (χ0n) is 15.0. The van der Waals surface area contributed by atoms with Gasteiger partial charge in [0.05, 0.1) is 4.90 Å². The number of sulfonamides is 1. The normalized spacial score (nSPS) is 15.6. The number of piperidine rings is 1. The second-order valence-electron chi connectivity index (χ2n) is 6.59. The fraction of sp³-hybridized carbons (Fsp3) is 0.316. The number of para-hydroxylation sites is 1. The smallest absolute Gasteiger partial charge is 0.321 e. The molecule has 1 fully saturated rings. The Balaban J connectivity index is 1.57. The maximum Gasteiger partial charge on any atom is 0.321 e. The Labute approximate surface area is 168 Å². The minimum absolute atomic E-state index is 0.162. The van der Waals surface area contributed by atoms with Gasteiger partial charge in [0.2, 0.25) is 10.0 Å². The van der Waals surface area contributed by atoms with Crippen LogP contribution in [-0.4, -0.2) is 38.5 Å². The summed E-state index contributed by atoms with van der Waals surface area (Å²) in [7, 11) is -3.60. The van der Waals surface area contributed by atoms with Crippen LogP contribution in [0.25, 0.3) is 0 Å². The second kappa shape index (κ2) is 8.41. The van der Waals surface area contributed by atoms with E-state index in [0.29, 0.717) is 31.5 Å². The Kier molecular flexibility index (Phi) is 6.18. The van der Waals surface area contributed by atoms with Gasteiger partial charge >= 0.3 is 6.03 Å². The van der Waals surface area contributed by atoms with Crippen molar-refractivity contribution in [2.75, 3.05) is 18.4 Å². The highest BCUT2D eigenvalue weighted by Gasteiger charge is 2.27. The molecular formula is C19H22BrN3O3S. The summed E-state index contributed by atoms with van der Waals surface area (Å²) in [6.07, 6.45) is 1.16. The van der Waals surface area contributed by atoms with Crippen molar-refractivity contribution in [2.24, 2.45) is 0 Å². The third-order valence-electron chi connectivity index (χ3n) is 4.57. The monoisotopic (exact) mass is 451 g/mol. The van der Waals surface area contributed by atoms with Crippen LogP contribution in [-0.2, 0) is 10.0 Å². The van der Waals surface area contributed by atoms with Crippen molar-refractivity contribution < 1.29 is 13.2 Å². The van der Waals surface area contributed by atoms with Gasteiger partial charge in [-0.15, -0.1) is 0 Å². The van der Waals surface area contributed by atoms with Crippen molar-refractivity contribution >= 4 is 37.7 Å². The highest BCUT2D eigenvalue weighted by Crippen LogP contribution is 2.22. The number of benzene rings is 2. The van der Waals surface area contributed by atoms with E-state index in [4.69, 9.17) is 0 Å². The van der Waals surface area contributed by atoms with Gasteiger partial charge in [-0.1, -0.05) is 40.2 Å². The first kappa shape index (κ1) is 19.9. The Morgan fingerprint density at radius 3 is 2.44 bits per heavy atom. The molecule has 0 spiro atoms. The number of urea groups is 1. The van der Waals surface area contributed by atoms with E-state index in [1.165, 1.54) is 0 Å². The number of nitrogens with zero attached hydrogens (tertiary/aromatic N) is 1. The van der Waals surface area contributed by atoms with Gasteiger partial charge in [-0.3, -0.25) is 0 Å². The predicted molar refractivity (Wildman–Crippen MR) is 109 cm³/mol. The molecule has 8 heteroatoms. The van der Waals surface area contributed by atoms with Crippen LogP contribution in [0, 0.1) is 6.92 Å². The van der Waals surface area contributed by atoms with Gasteiger partial charge in [0.15, 0.2) is 0 Å². The van der Waals surface area contributed by atoms with Crippen molar-refractivity contribution in [3.05, 3.63) is 58.6 Å². The molecule has 0 saturated carbocycles. The van der Waals surface area contributed by atoms with Gasteiger partial charge in [0.25, 0.3) is 0 Å². The Morgan fingerprint density at radius 1 is 1.11 bits per heavy atom. The van der Waals surface area contributed by atoms with Crippen LogP contribution >= 0.6 is 15.9 Å². The van der Waals surface area contributed by atoms with Crippen LogP contribution in [0.3, 0.4) is 0 Å². The summed E-state index contributed by atoms with van der Waals surface area (Å²) in [5, 5.41) is 2.86. The number of hydrogen-bond acceptors (Lipinski definition) is 3. The van der Waals surface area contributed by atoms with Gasteiger partial charge in [-0.05, 0) is 49.6 Å². The van der Waals surface area contributed by atoms with E-state index in [9.17, 15) is 13.2 Å². The van der Waals surface area contributed by atoms with E-state index in [1.54, 1.807) is 24.0 Å². The quantitative estimate of drug-likeness (QED) is 0.742. The number of carbonyl (C=O) groups is 1. The molecule has 6 nitrogen and oxygen atoms in total. The average Bonchev–Trinajstić information content (AvgIpc) is 2.64. The molecule has 3 rings (SSSR count). The van der Waals surface area contributed by atoms with Crippen molar-refractivity contribution in [1.82, 2.24) is 9.62 Å². The summed E-state index contributed by atoms with van der Waals surface area (Å²) in [5.41, 5.74) is 1.45. The molecule has 2 aromatic carbocycles. The molecule has 27 heavy (non-hydrogen) atoms. The van der Waals surface area contributed by atoms with Crippen molar-refractivity contribution in [3.63, 3.8) is 0 Å². The largest absolute Gasteiger partial charge is 0.324 e. The molecule has 0 atom stereocenters. The number of carbonyl (C=O) groups excluding carboxylic acids is 1. The molecule has 2 aromatic rings. The number of aryl methyl sites for hydroxylation is 1. The van der Waals surface area contributed by atoms with Crippen LogP contribution in [0.5, 0.6) is 0 Å². The fourth-order valence-corrected chi connectivity index (χ4v) is 5.16. The number of nitrogens with one attached hydrogen (secondary N) is 2. The summed E-state index contributed by atoms with van der Waals surface area (Å²) in [6.45, 7) is 2.78. The lowest BCUT2D eigenvalue weighted by Crippen LogP contribution is -2.47. The average molecular weight is 452 g/mol. The van der Waals surface area contributed by atoms with E-state index in [-0.39, 0.29) is 17.0 Å². The number of amides is 2. The Morgan fingerprint density at radius 2 is 1.78 bits per heavy atom. The standard InChI is InChI=1S/C19H22BrN3O3S/c1-14-7-8-15(20)13-18(14)27(25,26)22-17-9-11-23(12-10-17)19(24)21-16-5-3-2-4-6-16/h2-8,13,17,22H,9-12H2,1H3,(H,21,24). The Bertz CT molecular complexity index is 911. The Hall–Kier alpha value is -1.90. The molecule has 0 radical (unpaired) electrons. The second-order valence-corrected chi connectivity index (χ2v) is 9.19. The first-order chi connectivity index (χ1) is 12.8. The zero-order chi connectivity index (χ0) is 19.4. The van der Waals surface area contributed by atoms with E-state index < -0.39 is 10.0 Å². The van der Waals surface area contributed by atoms with Crippen LogP contribution in [0.15, 0.2) is 57.9 Å². The lowest BCUT2D eigenvalue weighted by atomic mass is 10.1. The number of halogens is 1. The van der Waals surface area contributed by atoms with E-state index in [1.807, 2.05) is 36.4 Å². The highest BCUT2D eigenvalue weighted by atomic mass is 79.9. The van der Waals surface area contributed by atoms with E-state index >= 15 is 0 Å². The maximum absolute atomic E-state index is 12.7. The first-order valence-corrected chi connectivity index (χ1v) is 11.0. The van der Waals surface area contributed by atoms with Crippen LogP contribution in [0.2, 0.25) is 0 Å². The highest BCUT2D eigenvalue weighted by molar-refractivity contribution is 9.10. The molecule has 0 aliphatic carbocycles. The molecule has 0 bridgehead atoms. The minimum Gasteiger partial charge on any atom is -0.324 e. The van der Waals surface area contributed by atoms with Gasteiger partial charge in [0.1, 0.15) is 0 Å². The molecular weight excluding hydrogens is 430 g/mol. The topological polar surface area (TPSA) is 78.5 Å². The SMILES string of the molecule is Cc1ccc(Br)cc1S(=O)(=O)NC1CCN(C(=O)Nc2ccccc2)CC1. The van der Waals surface area contributed by atoms with Crippen LogP contribution < -0.4 is 10.0 Å². The van der Waals surface area contributed by atoms with Gasteiger partial charge < -0.3 is 10.2 Å². The molecule has 1 heterocycles. The number of anilines is 1. The molecule has 1 aliphatic heterocycles. The zero-order valence-corrected chi connectivity index (χ0v) is 17.4. The molecule has 1 saturated heterocycles. The van der Waals surface area contributed by atoms with Crippen molar-refractivity contribution in [3.8, 4) is 0 Å². The number of rotatable bonds is 4. The molecule has 2 amide bonds.